The number of carboxylic acid groups (broad SMARTS) is 1. The Kier molecular flexibility index (Phi) is 7.32. The van der Waals surface area contributed by atoms with Gasteiger partial charge in [0, 0.05) is 18.8 Å². The van der Waals surface area contributed by atoms with Gasteiger partial charge in [0.25, 0.3) is 0 Å². The Bertz CT molecular complexity index is 499. The second-order valence-corrected chi connectivity index (χ2v) is 4.07. The van der Waals surface area contributed by atoms with E-state index in [-0.39, 0.29) is 32.1 Å². The predicted octanol–water partition coefficient (Wildman–Crippen LogP) is 1.22. The third kappa shape index (κ3) is 6.40. The van der Waals surface area contributed by atoms with Crippen molar-refractivity contribution < 1.29 is 19.4 Å². The van der Waals surface area contributed by atoms with Crippen molar-refractivity contribution in [3.63, 3.8) is 0 Å². The normalized spacial score (nSPS) is 9.67. The Morgan fingerprint density at radius 1 is 1.33 bits per heavy atom. The number of nitriles is 1. The second kappa shape index (κ2) is 9.34. The number of urea groups is 1. The minimum absolute atomic E-state index is 0.110. The lowest BCUT2D eigenvalue weighted by molar-refractivity contribution is -0.142. The van der Waals surface area contributed by atoms with Crippen LogP contribution in [0.15, 0.2) is 30.3 Å². The van der Waals surface area contributed by atoms with Crippen molar-refractivity contribution in [3.05, 3.63) is 30.3 Å². The van der Waals surface area contributed by atoms with Crippen molar-refractivity contribution in [1.29, 1.82) is 5.26 Å². The number of rotatable bonds is 8. The minimum atomic E-state index is -1.05. The second-order valence-electron chi connectivity index (χ2n) is 4.07. The molecule has 1 rings (SSSR count). The van der Waals surface area contributed by atoms with E-state index in [1.165, 1.54) is 4.90 Å². The summed E-state index contributed by atoms with van der Waals surface area (Å²) in [6, 6.07) is 10.6. The SMILES string of the molecule is N#CCCN(C(=O)NCCOCC(=O)O)c1ccccc1. The molecule has 0 aliphatic rings. The highest BCUT2D eigenvalue weighted by molar-refractivity contribution is 5.91. The molecule has 0 unspecified atom stereocenters. The molecule has 0 saturated carbocycles. The fourth-order valence-electron chi connectivity index (χ4n) is 1.60. The molecule has 0 heterocycles. The number of amides is 2. The number of benzene rings is 1. The molecule has 21 heavy (non-hydrogen) atoms. The number of hydrogen-bond acceptors (Lipinski definition) is 4. The van der Waals surface area contributed by atoms with Crippen molar-refractivity contribution in [1.82, 2.24) is 5.32 Å². The summed E-state index contributed by atoms with van der Waals surface area (Å²) < 4.78 is 4.83. The fraction of sp³-hybridized carbons (Fsp3) is 0.357. The van der Waals surface area contributed by atoms with Crippen molar-refractivity contribution in [2.75, 3.05) is 31.2 Å². The number of nitrogens with one attached hydrogen (secondary N) is 1. The Morgan fingerprint density at radius 3 is 2.67 bits per heavy atom. The molecule has 7 nitrogen and oxygen atoms in total. The molecular formula is C14H17N3O4. The number of carbonyl (C=O) groups excluding carboxylic acids is 1. The van der Waals surface area contributed by atoms with Gasteiger partial charge < -0.3 is 15.2 Å². The van der Waals surface area contributed by atoms with E-state index in [1.807, 2.05) is 12.1 Å². The first-order valence-electron chi connectivity index (χ1n) is 6.42. The molecule has 2 N–H and O–H groups in total. The number of carboxylic acids is 1. The highest BCUT2D eigenvalue weighted by atomic mass is 16.5. The Labute approximate surface area is 122 Å². The first kappa shape index (κ1) is 16.5. The summed E-state index contributed by atoms with van der Waals surface area (Å²) in [6.07, 6.45) is 0.220. The van der Waals surface area contributed by atoms with E-state index in [1.54, 1.807) is 24.3 Å². The molecule has 0 spiro atoms. The summed E-state index contributed by atoms with van der Waals surface area (Å²) in [4.78, 5) is 23.8. The van der Waals surface area contributed by atoms with Crippen molar-refractivity contribution in [3.8, 4) is 6.07 Å². The average Bonchev–Trinajstić information content (AvgIpc) is 2.48. The third-order valence-corrected chi connectivity index (χ3v) is 2.51. The van der Waals surface area contributed by atoms with Crippen molar-refractivity contribution in [2.24, 2.45) is 0 Å². The third-order valence-electron chi connectivity index (χ3n) is 2.51. The first-order valence-corrected chi connectivity index (χ1v) is 6.42. The highest BCUT2D eigenvalue weighted by Gasteiger charge is 2.14. The van der Waals surface area contributed by atoms with E-state index < -0.39 is 12.6 Å². The van der Waals surface area contributed by atoms with E-state index in [4.69, 9.17) is 15.1 Å². The van der Waals surface area contributed by atoms with Crippen LogP contribution in [-0.4, -0.2) is 43.4 Å². The number of ether oxygens (including phenoxy) is 1. The van der Waals surface area contributed by atoms with E-state index in [0.717, 1.165) is 0 Å². The summed E-state index contributed by atoms with van der Waals surface area (Å²) in [6.45, 7) is 0.190. The highest BCUT2D eigenvalue weighted by Crippen LogP contribution is 2.13. The van der Waals surface area contributed by atoms with Gasteiger partial charge in [-0.05, 0) is 12.1 Å². The lowest BCUT2D eigenvalue weighted by atomic mass is 10.3. The van der Waals surface area contributed by atoms with Gasteiger partial charge in [-0.25, -0.2) is 9.59 Å². The molecule has 0 aromatic heterocycles. The van der Waals surface area contributed by atoms with Crippen LogP contribution in [0.5, 0.6) is 0 Å². The molecule has 0 fully saturated rings. The molecule has 2 amide bonds. The van der Waals surface area contributed by atoms with Gasteiger partial charge in [0.05, 0.1) is 19.1 Å². The zero-order valence-electron chi connectivity index (χ0n) is 11.5. The maximum absolute atomic E-state index is 12.1. The van der Waals surface area contributed by atoms with Crippen molar-refractivity contribution in [2.45, 2.75) is 6.42 Å². The minimum Gasteiger partial charge on any atom is -0.480 e. The summed E-state index contributed by atoms with van der Waals surface area (Å²) in [5.74, 6) is -1.05. The van der Waals surface area contributed by atoms with E-state index in [9.17, 15) is 9.59 Å². The lowest BCUT2D eigenvalue weighted by Gasteiger charge is -2.22. The van der Waals surface area contributed by atoms with Crippen LogP contribution in [0.1, 0.15) is 6.42 Å². The number of para-hydroxylation sites is 1. The number of hydrogen-bond donors (Lipinski definition) is 2. The van der Waals surface area contributed by atoms with Crippen LogP contribution in [0, 0.1) is 11.3 Å². The number of aliphatic carboxylic acids is 1. The Hall–Kier alpha value is -2.59. The van der Waals surface area contributed by atoms with Crippen LogP contribution in [0.4, 0.5) is 10.5 Å². The first-order chi connectivity index (χ1) is 10.1. The molecule has 1 aromatic rings. The molecule has 0 saturated heterocycles. The molecular weight excluding hydrogens is 274 g/mol. The van der Waals surface area contributed by atoms with E-state index in [0.29, 0.717) is 5.69 Å². The van der Waals surface area contributed by atoms with E-state index in [2.05, 4.69) is 5.32 Å². The molecule has 112 valence electrons. The van der Waals surface area contributed by atoms with Gasteiger partial charge in [0.1, 0.15) is 6.61 Å². The number of anilines is 1. The van der Waals surface area contributed by atoms with Gasteiger partial charge in [0.15, 0.2) is 0 Å². The van der Waals surface area contributed by atoms with Gasteiger partial charge >= 0.3 is 12.0 Å². The fourth-order valence-corrected chi connectivity index (χ4v) is 1.60. The van der Waals surface area contributed by atoms with Crippen LogP contribution in [0.3, 0.4) is 0 Å². The van der Waals surface area contributed by atoms with Gasteiger partial charge in [-0.2, -0.15) is 5.26 Å². The summed E-state index contributed by atoms with van der Waals surface area (Å²) in [5, 5.41) is 19.7. The van der Waals surface area contributed by atoms with Gasteiger partial charge in [0.2, 0.25) is 0 Å². The number of nitrogens with zero attached hydrogens (tertiary/aromatic N) is 2. The van der Waals surface area contributed by atoms with Gasteiger partial charge in [-0.3, -0.25) is 4.90 Å². The average molecular weight is 291 g/mol. The topological polar surface area (TPSA) is 103 Å². The quantitative estimate of drug-likeness (QED) is 0.701. The summed E-state index contributed by atoms with van der Waals surface area (Å²) >= 11 is 0. The Morgan fingerprint density at radius 2 is 2.05 bits per heavy atom. The van der Waals surface area contributed by atoms with Gasteiger partial charge in [-0.15, -0.1) is 0 Å². The van der Waals surface area contributed by atoms with Crippen LogP contribution in [0.25, 0.3) is 0 Å². The van der Waals surface area contributed by atoms with Crippen LogP contribution < -0.4 is 10.2 Å². The summed E-state index contributed by atoms with van der Waals surface area (Å²) in [7, 11) is 0. The maximum Gasteiger partial charge on any atom is 0.329 e. The standard InChI is InChI=1S/C14H17N3O4/c15-7-4-9-17(12-5-2-1-3-6-12)14(20)16-8-10-21-11-13(18)19/h1-3,5-6H,4,8-11H2,(H,16,20)(H,18,19). The monoisotopic (exact) mass is 291 g/mol. The van der Waals surface area contributed by atoms with Crippen molar-refractivity contribution >= 4 is 17.7 Å². The molecule has 0 atom stereocenters. The van der Waals surface area contributed by atoms with Crippen LogP contribution in [-0.2, 0) is 9.53 Å². The van der Waals surface area contributed by atoms with Crippen LogP contribution in [0.2, 0.25) is 0 Å². The lowest BCUT2D eigenvalue weighted by Crippen LogP contribution is -2.42. The molecule has 0 bridgehead atoms. The van der Waals surface area contributed by atoms with Gasteiger partial charge in [-0.1, -0.05) is 18.2 Å². The molecule has 0 aliphatic carbocycles. The Balaban J connectivity index is 2.49. The smallest absolute Gasteiger partial charge is 0.329 e. The summed E-state index contributed by atoms with van der Waals surface area (Å²) in [5.41, 5.74) is 0.691. The van der Waals surface area contributed by atoms with Crippen LogP contribution >= 0.6 is 0 Å². The zero-order chi connectivity index (χ0) is 15.5. The maximum atomic E-state index is 12.1. The van der Waals surface area contributed by atoms with E-state index >= 15 is 0 Å². The molecule has 7 heteroatoms. The molecule has 1 aromatic carbocycles. The molecule has 0 radical (unpaired) electrons. The predicted molar refractivity (Wildman–Crippen MR) is 75.9 cm³/mol. The number of carbonyl (C=O) groups is 2. The zero-order valence-corrected chi connectivity index (χ0v) is 11.5. The molecule has 0 aliphatic heterocycles. The largest absolute Gasteiger partial charge is 0.480 e.